The van der Waals surface area contributed by atoms with Crippen LogP contribution >= 0.6 is 22.9 Å². The minimum atomic E-state index is -3.52. The Balaban J connectivity index is 1.83. The first-order valence-corrected chi connectivity index (χ1v) is 8.54. The van der Waals surface area contributed by atoms with Crippen LogP contribution in [0.15, 0.2) is 34.7 Å². The second kappa shape index (κ2) is 6.87. The monoisotopic (exact) mass is 342 g/mol. The van der Waals surface area contributed by atoms with Crippen molar-refractivity contribution in [3.05, 3.63) is 40.5 Å². The predicted molar refractivity (Wildman–Crippen MR) is 82.0 cm³/mol. The second-order valence-electron chi connectivity index (χ2n) is 3.93. The lowest BCUT2D eigenvalue weighted by Crippen LogP contribution is -2.28. The van der Waals surface area contributed by atoms with Crippen molar-refractivity contribution in [2.75, 3.05) is 18.4 Å². The van der Waals surface area contributed by atoms with Gasteiger partial charge in [0, 0.05) is 13.1 Å². The van der Waals surface area contributed by atoms with Crippen LogP contribution in [0.3, 0.4) is 0 Å². The molecule has 2 aromatic rings. The van der Waals surface area contributed by atoms with Gasteiger partial charge in [0.2, 0.25) is 10.0 Å². The van der Waals surface area contributed by atoms with Gasteiger partial charge in [0.15, 0.2) is 0 Å². The first kappa shape index (κ1) is 15.7. The van der Waals surface area contributed by atoms with Gasteiger partial charge in [0.05, 0.1) is 16.2 Å². The summed E-state index contributed by atoms with van der Waals surface area (Å²) in [4.78, 5) is 3.90. The Morgan fingerprint density at radius 1 is 1.29 bits per heavy atom. The van der Waals surface area contributed by atoms with Gasteiger partial charge >= 0.3 is 0 Å². The number of nitrogens with one attached hydrogen (secondary N) is 2. The molecule has 6 nitrogen and oxygen atoms in total. The van der Waals surface area contributed by atoms with E-state index in [1.807, 2.05) is 6.07 Å². The second-order valence-corrected chi connectivity index (χ2v) is 7.64. The summed E-state index contributed by atoms with van der Waals surface area (Å²) in [6.45, 7) is 0.615. The number of halogens is 1. The molecule has 110 valence electrons. The fourth-order valence-electron chi connectivity index (χ4n) is 1.47. The summed E-state index contributed by atoms with van der Waals surface area (Å²) in [5.74, 6) is 0. The van der Waals surface area contributed by atoms with Crippen molar-refractivity contribution in [3.63, 3.8) is 0 Å². The molecule has 0 radical (unpaired) electrons. The molecule has 0 atom stereocenters. The number of sulfonamides is 1. The maximum atomic E-state index is 11.9. The summed E-state index contributed by atoms with van der Waals surface area (Å²) in [5.41, 5.74) is 1.04. The number of pyridine rings is 1. The zero-order valence-electron chi connectivity index (χ0n) is 10.7. The number of anilines is 1. The van der Waals surface area contributed by atoms with E-state index in [9.17, 15) is 8.42 Å². The molecule has 21 heavy (non-hydrogen) atoms. The molecule has 2 heterocycles. The van der Waals surface area contributed by atoms with E-state index in [2.05, 4.69) is 15.0 Å². The standard InChI is InChI=1S/C12H11ClN4O2S2/c13-11-3-4-12(20-11)21(18,19)17-6-5-15-10-2-1-9(7-14)16-8-10/h1-4,8,15,17H,5-6H2. The molecule has 0 amide bonds. The van der Waals surface area contributed by atoms with Crippen LogP contribution in [0.2, 0.25) is 4.34 Å². The van der Waals surface area contributed by atoms with E-state index in [4.69, 9.17) is 16.9 Å². The lowest BCUT2D eigenvalue weighted by atomic mass is 10.3. The van der Waals surface area contributed by atoms with E-state index < -0.39 is 10.0 Å². The number of aromatic nitrogens is 1. The van der Waals surface area contributed by atoms with Crippen molar-refractivity contribution in [1.82, 2.24) is 9.71 Å². The molecule has 0 fully saturated rings. The van der Waals surface area contributed by atoms with E-state index >= 15 is 0 Å². The molecule has 9 heteroatoms. The lowest BCUT2D eigenvalue weighted by Gasteiger charge is -2.07. The van der Waals surface area contributed by atoms with Crippen LogP contribution in [-0.4, -0.2) is 26.5 Å². The SMILES string of the molecule is N#Cc1ccc(NCCNS(=O)(=O)c2ccc(Cl)s2)cn1. The summed E-state index contributed by atoms with van der Waals surface area (Å²) >= 11 is 6.72. The molecule has 2 aromatic heterocycles. The predicted octanol–water partition coefficient (Wildman–Crippen LogP) is 2.06. The van der Waals surface area contributed by atoms with Gasteiger partial charge in [-0.3, -0.25) is 0 Å². The third kappa shape index (κ3) is 4.41. The van der Waals surface area contributed by atoms with E-state index in [1.165, 1.54) is 12.3 Å². The van der Waals surface area contributed by atoms with E-state index in [-0.39, 0.29) is 10.8 Å². The van der Waals surface area contributed by atoms with Crippen molar-refractivity contribution in [3.8, 4) is 6.07 Å². The fourth-order valence-corrected chi connectivity index (χ4v) is 4.03. The Morgan fingerprint density at radius 2 is 2.10 bits per heavy atom. The number of thiophene rings is 1. The van der Waals surface area contributed by atoms with Crippen LogP contribution in [0.1, 0.15) is 5.69 Å². The Morgan fingerprint density at radius 3 is 2.67 bits per heavy atom. The van der Waals surface area contributed by atoms with Gasteiger partial charge in [-0.1, -0.05) is 11.6 Å². The Labute approximate surface area is 131 Å². The Bertz CT molecular complexity index is 750. The van der Waals surface area contributed by atoms with Crippen molar-refractivity contribution < 1.29 is 8.42 Å². The fraction of sp³-hybridized carbons (Fsp3) is 0.167. The zero-order valence-corrected chi connectivity index (χ0v) is 13.1. The third-order valence-electron chi connectivity index (χ3n) is 2.44. The van der Waals surface area contributed by atoms with Crippen molar-refractivity contribution in [1.29, 1.82) is 5.26 Å². The van der Waals surface area contributed by atoms with Gasteiger partial charge in [-0.25, -0.2) is 18.1 Å². The first-order valence-electron chi connectivity index (χ1n) is 5.86. The summed E-state index contributed by atoms with van der Waals surface area (Å²) in [6, 6.07) is 8.22. The normalized spacial score (nSPS) is 11.0. The van der Waals surface area contributed by atoms with Crippen LogP contribution in [0.5, 0.6) is 0 Å². The smallest absolute Gasteiger partial charge is 0.250 e. The molecule has 0 saturated carbocycles. The van der Waals surface area contributed by atoms with Crippen LogP contribution < -0.4 is 10.0 Å². The van der Waals surface area contributed by atoms with Gasteiger partial charge in [-0.2, -0.15) is 5.26 Å². The summed E-state index contributed by atoms with van der Waals surface area (Å²) in [7, 11) is -3.52. The van der Waals surface area contributed by atoms with Gasteiger partial charge < -0.3 is 5.32 Å². The Kier molecular flexibility index (Phi) is 5.14. The van der Waals surface area contributed by atoms with Crippen molar-refractivity contribution in [2.24, 2.45) is 0 Å². The third-order valence-corrected chi connectivity index (χ3v) is 5.62. The molecule has 0 aliphatic rings. The highest BCUT2D eigenvalue weighted by Gasteiger charge is 2.15. The van der Waals surface area contributed by atoms with E-state index in [0.29, 0.717) is 22.3 Å². The molecule has 0 aromatic carbocycles. The number of hydrogen-bond acceptors (Lipinski definition) is 6. The van der Waals surface area contributed by atoms with Crippen molar-refractivity contribution in [2.45, 2.75) is 4.21 Å². The molecular weight excluding hydrogens is 332 g/mol. The molecule has 0 aliphatic carbocycles. The molecule has 0 unspecified atom stereocenters. The average Bonchev–Trinajstić information content (AvgIpc) is 2.92. The first-order chi connectivity index (χ1) is 10.0. The quantitative estimate of drug-likeness (QED) is 0.783. The molecule has 0 saturated heterocycles. The van der Waals surface area contributed by atoms with Gasteiger partial charge in [-0.05, 0) is 24.3 Å². The van der Waals surface area contributed by atoms with Crippen LogP contribution in [0.4, 0.5) is 5.69 Å². The molecule has 0 bridgehead atoms. The van der Waals surface area contributed by atoms with Crippen molar-refractivity contribution >= 4 is 38.6 Å². The van der Waals surface area contributed by atoms with Gasteiger partial charge in [0.25, 0.3) is 0 Å². The molecule has 2 N–H and O–H groups in total. The number of rotatable bonds is 6. The Hall–Kier alpha value is -1.66. The highest BCUT2D eigenvalue weighted by atomic mass is 35.5. The summed E-state index contributed by atoms with van der Waals surface area (Å²) in [6.07, 6.45) is 1.52. The van der Waals surface area contributed by atoms with Crippen LogP contribution in [-0.2, 0) is 10.0 Å². The minimum Gasteiger partial charge on any atom is -0.382 e. The molecule has 0 spiro atoms. The van der Waals surface area contributed by atoms with E-state index in [1.54, 1.807) is 18.2 Å². The topological polar surface area (TPSA) is 94.9 Å². The number of hydrogen-bond donors (Lipinski definition) is 2. The highest BCUT2D eigenvalue weighted by Crippen LogP contribution is 2.25. The largest absolute Gasteiger partial charge is 0.382 e. The summed E-state index contributed by atoms with van der Waals surface area (Å²) in [5, 5.41) is 11.6. The summed E-state index contributed by atoms with van der Waals surface area (Å²) < 4.78 is 26.9. The number of nitrogens with zero attached hydrogens (tertiary/aromatic N) is 2. The van der Waals surface area contributed by atoms with Crippen LogP contribution in [0.25, 0.3) is 0 Å². The van der Waals surface area contributed by atoms with Gasteiger partial charge in [-0.15, -0.1) is 11.3 Å². The zero-order chi connectivity index (χ0) is 15.3. The molecule has 0 aliphatic heterocycles. The van der Waals surface area contributed by atoms with E-state index in [0.717, 1.165) is 11.3 Å². The molecular formula is C12H11ClN4O2S2. The maximum Gasteiger partial charge on any atom is 0.250 e. The maximum absolute atomic E-state index is 11.9. The highest BCUT2D eigenvalue weighted by molar-refractivity contribution is 7.91. The average molecular weight is 343 g/mol. The van der Waals surface area contributed by atoms with Crippen LogP contribution in [0, 0.1) is 11.3 Å². The molecule has 2 rings (SSSR count). The van der Waals surface area contributed by atoms with Gasteiger partial charge in [0.1, 0.15) is 16.0 Å². The lowest BCUT2D eigenvalue weighted by molar-refractivity contribution is 0.585. The number of nitriles is 1. The minimum absolute atomic E-state index is 0.188.